The molecule has 0 amide bonds. The monoisotopic (exact) mass is 337 g/mol. The van der Waals surface area contributed by atoms with Gasteiger partial charge in [0.25, 0.3) is 0 Å². The molecule has 2 aromatic rings. The Balaban J connectivity index is 1.99. The van der Waals surface area contributed by atoms with Gasteiger partial charge in [-0.1, -0.05) is 18.2 Å². The van der Waals surface area contributed by atoms with Crippen molar-refractivity contribution in [3.63, 3.8) is 0 Å². The van der Waals surface area contributed by atoms with Gasteiger partial charge in [0.15, 0.2) is 0 Å². The molecule has 0 aromatic heterocycles. The molecule has 1 N–H and O–H groups in total. The van der Waals surface area contributed by atoms with Crippen LogP contribution in [0.25, 0.3) is 0 Å². The minimum absolute atomic E-state index is 0.0894. The van der Waals surface area contributed by atoms with Gasteiger partial charge in [-0.05, 0) is 58.2 Å². The van der Waals surface area contributed by atoms with Crippen LogP contribution in [0.4, 0.5) is 4.39 Å². The number of methoxy groups -OCH3 is 1. The number of halogens is 2. The van der Waals surface area contributed by atoms with Crippen LogP contribution in [-0.4, -0.2) is 7.11 Å². The van der Waals surface area contributed by atoms with Crippen molar-refractivity contribution < 1.29 is 9.13 Å². The predicted molar refractivity (Wildman–Crippen MR) is 82.3 cm³/mol. The molecule has 0 heterocycles. The number of nitrogens with one attached hydrogen (secondary N) is 1. The molecule has 20 heavy (non-hydrogen) atoms. The Bertz CT molecular complexity index is 588. The van der Waals surface area contributed by atoms with Gasteiger partial charge in [0.2, 0.25) is 0 Å². The first-order chi connectivity index (χ1) is 9.60. The van der Waals surface area contributed by atoms with Crippen molar-refractivity contribution >= 4 is 15.9 Å². The van der Waals surface area contributed by atoms with Crippen molar-refractivity contribution in [2.75, 3.05) is 7.11 Å². The molecule has 4 heteroatoms. The fourth-order valence-electron chi connectivity index (χ4n) is 1.98. The van der Waals surface area contributed by atoms with Crippen molar-refractivity contribution in [1.29, 1.82) is 0 Å². The van der Waals surface area contributed by atoms with Crippen molar-refractivity contribution in [2.24, 2.45) is 0 Å². The molecule has 0 spiro atoms. The minimum Gasteiger partial charge on any atom is -0.496 e. The number of benzene rings is 2. The van der Waals surface area contributed by atoms with Crippen molar-refractivity contribution in [1.82, 2.24) is 5.32 Å². The Morgan fingerprint density at radius 3 is 2.70 bits per heavy atom. The average Bonchev–Trinajstić information content (AvgIpc) is 2.45. The van der Waals surface area contributed by atoms with E-state index in [1.54, 1.807) is 19.2 Å². The third kappa shape index (κ3) is 3.81. The summed E-state index contributed by atoms with van der Waals surface area (Å²) in [6, 6.07) is 12.7. The molecule has 2 rings (SSSR count). The van der Waals surface area contributed by atoms with Gasteiger partial charge >= 0.3 is 0 Å². The second kappa shape index (κ2) is 6.86. The molecule has 106 valence electrons. The molecule has 0 fully saturated rings. The Labute approximate surface area is 127 Å². The maximum Gasteiger partial charge on any atom is 0.133 e. The first-order valence-electron chi connectivity index (χ1n) is 6.41. The van der Waals surface area contributed by atoms with E-state index in [0.29, 0.717) is 6.54 Å². The number of rotatable bonds is 5. The molecule has 2 aromatic carbocycles. The maximum atomic E-state index is 13.2. The number of hydrogen-bond acceptors (Lipinski definition) is 2. The van der Waals surface area contributed by atoms with Crippen LogP contribution >= 0.6 is 15.9 Å². The van der Waals surface area contributed by atoms with Gasteiger partial charge in [0.1, 0.15) is 11.6 Å². The van der Waals surface area contributed by atoms with E-state index in [-0.39, 0.29) is 11.9 Å². The van der Waals surface area contributed by atoms with Gasteiger partial charge in [-0.25, -0.2) is 4.39 Å². The van der Waals surface area contributed by atoms with E-state index in [1.807, 2.05) is 31.2 Å². The zero-order chi connectivity index (χ0) is 14.5. The van der Waals surface area contributed by atoms with E-state index in [2.05, 4.69) is 21.2 Å². The fraction of sp³-hybridized carbons (Fsp3) is 0.250. The Morgan fingerprint density at radius 1 is 1.25 bits per heavy atom. The zero-order valence-corrected chi connectivity index (χ0v) is 13.1. The van der Waals surface area contributed by atoms with Crippen molar-refractivity contribution in [2.45, 2.75) is 19.5 Å². The molecule has 2 nitrogen and oxygen atoms in total. The third-order valence-electron chi connectivity index (χ3n) is 3.18. The summed E-state index contributed by atoms with van der Waals surface area (Å²) in [7, 11) is 1.64. The molecule has 0 aliphatic carbocycles. The lowest BCUT2D eigenvalue weighted by Crippen LogP contribution is -2.18. The van der Waals surface area contributed by atoms with E-state index in [9.17, 15) is 4.39 Å². The van der Waals surface area contributed by atoms with E-state index in [0.717, 1.165) is 21.3 Å². The zero-order valence-electron chi connectivity index (χ0n) is 11.5. The van der Waals surface area contributed by atoms with Crippen LogP contribution in [0.15, 0.2) is 46.9 Å². The van der Waals surface area contributed by atoms with Gasteiger partial charge in [-0.3, -0.25) is 0 Å². The van der Waals surface area contributed by atoms with Crippen molar-refractivity contribution in [3.8, 4) is 5.75 Å². The van der Waals surface area contributed by atoms with E-state index >= 15 is 0 Å². The highest BCUT2D eigenvalue weighted by Gasteiger charge is 2.07. The van der Waals surface area contributed by atoms with Crippen LogP contribution in [0.3, 0.4) is 0 Å². The summed E-state index contributed by atoms with van der Waals surface area (Å²) >= 11 is 3.47. The minimum atomic E-state index is -0.205. The smallest absolute Gasteiger partial charge is 0.133 e. The standard InChI is InChI=1S/C16H17BrFNO/c1-11(13-4-3-5-14(18)9-13)19-10-12-6-7-16(20-2)15(17)8-12/h3-9,11,19H,10H2,1-2H3/t11-/m1/s1. The van der Waals surface area contributed by atoms with E-state index in [1.165, 1.54) is 6.07 Å². The van der Waals surface area contributed by atoms with Crippen LogP contribution in [-0.2, 0) is 6.54 Å². The van der Waals surface area contributed by atoms with Crippen LogP contribution in [0.1, 0.15) is 24.1 Å². The molecule has 1 atom stereocenters. The maximum absolute atomic E-state index is 13.2. The normalized spacial score (nSPS) is 12.2. The van der Waals surface area contributed by atoms with E-state index in [4.69, 9.17) is 4.74 Å². The lowest BCUT2D eigenvalue weighted by atomic mass is 10.1. The summed E-state index contributed by atoms with van der Waals surface area (Å²) < 4.78 is 19.3. The highest BCUT2D eigenvalue weighted by atomic mass is 79.9. The summed E-state index contributed by atoms with van der Waals surface area (Å²) in [4.78, 5) is 0. The first kappa shape index (κ1) is 15.0. The van der Waals surface area contributed by atoms with Gasteiger partial charge in [-0.15, -0.1) is 0 Å². The van der Waals surface area contributed by atoms with E-state index < -0.39 is 0 Å². The average molecular weight is 338 g/mol. The van der Waals surface area contributed by atoms with Crippen LogP contribution in [0.5, 0.6) is 5.75 Å². The van der Waals surface area contributed by atoms with Crippen LogP contribution in [0, 0.1) is 5.82 Å². The largest absolute Gasteiger partial charge is 0.496 e. The lowest BCUT2D eigenvalue weighted by Gasteiger charge is -2.15. The second-order valence-corrected chi connectivity index (χ2v) is 5.48. The third-order valence-corrected chi connectivity index (χ3v) is 3.80. The molecule has 0 unspecified atom stereocenters. The summed E-state index contributed by atoms with van der Waals surface area (Å²) in [5, 5.41) is 3.38. The predicted octanol–water partition coefficient (Wildman–Crippen LogP) is 4.45. The SMILES string of the molecule is COc1ccc(CN[C@H](C)c2cccc(F)c2)cc1Br. The summed E-state index contributed by atoms with van der Waals surface area (Å²) in [5.41, 5.74) is 2.08. The Morgan fingerprint density at radius 2 is 2.05 bits per heavy atom. The van der Waals surface area contributed by atoms with Crippen LogP contribution < -0.4 is 10.1 Å². The van der Waals surface area contributed by atoms with Crippen molar-refractivity contribution in [3.05, 3.63) is 63.9 Å². The first-order valence-corrected chi connectivity index (χ1v) is 7.20. The van der Waals surface area contributed by atoms with Gasteiger partial charge in [-0.2, -0.15) is 0 Å². The lowest BCUT2D eigenvalue weighted by molar-refractivity contribution is 0.412. The quantitative estimate of drug-likeness (QED) is 0.870. The Kier molecular flexibility index (Phi) is 5.15. The summed E-state index contributed by atoms with van der Waals surface area (Å²) in [5.74, 6) is 0.607. The molecule has 0 bridgehead atoms. The highest BCUT2D eigenvalue weighted by molar-refractivity contribution is 9.10. The molecule has 0 aliphatic rings. The van der Waals surface area contributed by atoms with Gasteiger partial charge < -0.3 is 10.1 Å². The molecular weight excluding hydrogens is 321 g/mol. The summed E-state index contributed by atoms with van der Waals surface area (Å²) in [6.07, 6.45) is 0. The second-order valence-electron chi connectivity index (χ2n) is 4.63. The van der Waals surface area contributed by atoms with Crippen LogP contribution in [0.2, 0.25) is 0 Å². The fourth-order valence-corrected chi connectivity index (χ4v) is 2.57. The van der Waals surface area contributed by atoms with Gasteiger partial charge in [0.05, 0.1) is 11.6 Å². The molecule has 0 saturated heterocycles. The molecule has 0 radical (unpaired) electrons. The Hall–Kier alpha value is -1.39. The highest BCUT2D eigenvalue weighted by Crippen LogP contribution is 2.25. The molecule has 0 aliphatic heterocycles. The molecule has 0 saturated carbocycles. The number of ether oxygens (including phenoxy) is 1. The number of hydrogen-bond donors (Lipinski definition) is 1. The summed E-state index contributed by atoms with van der Waals surface area (Å²) in [6.45, 7) is 2.73. The molecular formula is C16H17BrFNO. The topological polar surface area (TPSA) is 21.3 Å². The van der Waals surface area contributed by atoms with Gasteiger partial charge in [0, 0.05) is 12.6 Å².